The second kappa shape index (κ2) is 7.75. The molecular weight excluding hydrogens is 278 g/mol. The third kappa shape index (κ3) is 4.18. The molecule has 0 spiro atoms. The zero-order valence-corrected chi connectivity index (χ0v) is 13.5. The molecule has 1 atom stereocenters. The highest BCUT2D eigenvalue weighted by atomic mass is 16.5. The number of hydrogen-bond donors (Lipinski definition) is 1. The van der Waals surface area contributed by atoms with E-state index in [1.807, 2.05) is 18.2 Å². The molecule has 5 nitrogen and oxygen atoms in total. The predicted molar refractivity (Wildman–Crippen MR) is 86.0 cm³/mol. The third-order valence-electron chi connectivity index (χ3n) is 3.52. The van der Waals surface area contributed by atoms with E-state index < -0.39 is 0 Å². The molecule has 0 saturated heterocycles. The molecule has 1 aromatic carbocycles. The Bertz CT molecular complexity index is 585. The Labute approximate surface area is 131 Å². The number of nitrogens with one attached hydrogen (secondary N) is 1. The fourth-order valence-electron chi connectivity index (χ4n) is 2.34. The number of ether oxygens (including phenoxy) is 2. The standard InChI is InChI=1S/C17H23N3O2/c1-12(2)16(13-5-7-15(21-3)8-6-13)19-11-14-9-10-18-17(20-14)22-4/h5-10,12,16,19H,11H2,1-4H3. The second-order valence-corrected chi connectivity index (χ2v) is 5.41. The summed E-state index contributed by atoms with van der Waals surface area (Å²) in [5.74, 6) is 1.32. The highest BCUT2D eigenvalue weighted by Gasteiger charge is 2.15. The normalized spacial score (nSPS) is 12.2. The van der Waals surface area contributed by atoms with Crippen LogP contribution in [0.2, 0.25) is 0 Å². The van der Waals surface area contributed by atoms with Gasteiger partial charge in [0.25, 0.3) is 0 Å². The first kappa shape index (κ1) is 16.2. The van der Waals surface area contributed by atoms with E-state index >= 15 is 0 Å². The molecule has 0 bridgehead atoms. The van der Waals surface area contributed by atoms with Crippen LogP contribution < -0.4 is 14.8 Å². The molecule has 0 amide bonds. The van der Waals surface area contributed by atoms with Gasteiger partial charge < -0.3 is 14.8 Å². The van der Waals surface area contributed by atoms with Gasteiger partial charge in [-0.1, -0.05) is 26.0 Å². The molecule has 0 aliphatic rings. The lowest BCUT2D eigenvalue weighted by Gasteiger charge is -2.23. The summed E-state index contributed by atoms with van der Waals surface area (Å²) in [6.45, 7) is 5.05. The molecule has 2 aromatic rings. The van der Waals surface area contributed by atoms with Crippen molar-refractivity contribution in [1.29, 1.82) is 0 Å². The van der Waals surface area contributed by atoms with Crippen molar-refractivity contribution in [2.45, 2.75) is 26.4 Å². The summed E-state index contributed by atoms with van der Waals surface area (Å²) in [5, 5.41) is 3.55. The smallest absolute Gasteiger partial charge is 0.316 e. The van der Waals surface area contributed by atoms with Crippen LogP contribution in [0.1, 0.15) is 31.1 Å². The molecule has 5 heteroatoms. The van der Waals surface area contributed by atoms with Crippen LogP contribution in [-0.4, -0.2) is 24.2 Å². The minimum absolute atomic E-state index is 0.242. The van der Waals surface area contributed by atoms with Crippen molar-refractivity contribution in [3.8, 4) is 11.8 Å². The molecule has 1 unspecified atom stereocenters. The quantitative estimate of drug-likeness (QED) is 0.852. The lowest BCUT2D eigenvalue weighted by atomic mass is 9.96. The van der Waals surface area contributed by atoms with Gasteiger partial charge in [-0.2, -0.15) is 4.98 Å². The van der Waals surface area contributed by atoms with Crippen LogP contribution in [0.25, 0.3) is 0 Å². The van der Waals surface area contributed by atoms with Gasteiger partial charge in [-0.3, -0.25) is 0 Å². The number of aromatic nitrogens is 2. The predicted octanol–water partition coefficient (Wildman–Crippen LogP) is 2.98. The largest absolute Gasteiger partial charge is 0.497 e. The highest BCUT2D eigenvalue weighted by Crippen LogP contribution is 2.24. The van der Waals surface area contributed by atoms with Crippen LogP contribution in [0.5, 0.6) is 11.8 Å². The van der Waals surface area contributed by atoms with Gasteiger partial charge in [0, 0.05) is 18.8 Å². The van der Waals surface area contributed by atoms with Crippen molar-refractivity contribution in [3.63, 3.8) is 0 Å². The van der Waals surface area contributed by atoms with Crippen molar-refractivity contribution in [2.24, 2.45) is 5.92 Å². The monoisotopic (exact) mass is 301 g/mol. The zero-order valence-electron chi connectivity index (χ0n) is 13.5. The topological polar surface area (TPSA) is 56.3 Å². The first-order chi connectivity index (χ1) is 10.6. The molecule has 0 saturated carbocycles. The van der Waals surface area contributed by atoms with Gasteiger partial charge in [0.15, 0.2) is 0 Å². The van der Waals surface area contributed by atoms with Crippen molar-refractivity contribution < 1.29 is 9.47 Å². The average Bonchev–Trinajstić information content (AvgIpc) is 2.55. The summed E-state index contributed by atoms with van der Waals surface area (Å²) in [7, 11) is 3.25. The first-order valence-corrected chi connectivity index (χ1v) is 7.37. The zero-order chi connectivity index (χ0) is 15.9. The van der Waals surface area contributed by atoms with Gasteiger partial charge in [-0.05, 0) is 29.7 Å². The summed E-state index contributed by atoms with van der Waals surface area (Å²) < 4.78 is 10.3. The highest BCUT2D eigenvalue weighted by molar-refractivity contribution is 5.29. The van der Waals surface area contributed by atoms with E-state index in [0.29, 0.717) is 18.5 Å². The molecule has 1 aromatic heterocycles. The van der Waals surface area contributed by atoms with E-state index in [4.69, 9.17) is 9.47 Å². The van der Waals surface area contributed by atoms with Gasteiger partial charge in [0.1, 0.15) is 5.75 Å². The third-order valence-corrected chi connectivity index (χ3v) is 3.52. The Morgan fingerprint density at radius 2 is 1.77 bits per heavy atom. The van der Waals surface area contributed by atoms with E-state index in [1.165, 1.54) is 5.56 Å². The average molecular weight is 301 g/mol. The molecule has 1 N–H and O–H groups in total. The van der Waals surface area contributed by atoms with Gasteiger partial charge in [0.05, 0.1) is 19.9 Å². The second-order valence-electron chi connectivity index (χ2n) is 5.41. The van der Waals surface area contributed by atoms with Crippen molar-refractivity contribution >= 4 is 0 Å². The molecule has 0 fully saturated rings. The fraction of sp³-hybridized carbons (Fsp3) is 0.412. The van der Waals surface area contributed by atoms with Crippen molar-refractivity contribution in [1.82, 2.24) is 15.3 Å². The number of nitrogens with zero attached hydrogens (tertiary/aromatic N) is 2. The molecule has 118 valence electrons. The van der Waals surface area contributed by atoms with Crippen molar-refractivity contribution in [3.05, 3.63) is 47.8 Å². The number of methoxy groups -OCH3 is 2. The summed E-state index contributed by atoms with van der Waals surface area (Å²) in [6, 6.07) is 10.7. The van der Waals surface area contributed by atoms with Crippen LogP contribution in [0.4, 0.5) is 0 Å². The Hall–Kier alpha value is -2.14. The SMILES string of the molecule is COc1ccc(C(NCc2ccnc(OC)n2)C(C)C)cc1. The van der Waals surface area contributed by atoms with Crippen LogP contribution in [0, 0.1) is 5.92 Å². The molecule has 0 radical (unpaired) electrons. The number of hydrogen-bond acceptors (Lipinski definition) is 5. The van der Waals surface area contributed by atoms with E-state index in [1.54, 1.807) is 20.4 Å². The van der Waals surface area contributed by atoms with Gasteiger partial charge in [-0.15, -0.1) is 0 Å². The summed E-state index contributed by atoms with van der Waals surface area (Å²) in [4.78, 5) is 8.35. The summed E-state index contributed by atoms with van der Waals surface area (Å²) in [5.41, 5.74) is 2.14. The molecule has 0 aliphatic heterocycles. The van der Waals surface area contributed by atoms with Crippen LogP contribution in [0.15, 0.2) is 36.5 Å². The van der Waals surface area contributed by atoms with Gasteiger partial charge in [-0.25, -0.2) is 4.98 Å². The van der Waals surface area contributed by atoms with Gasteiger partial charge in [0.2, 0.25) is 0 Å². The maximum atomic E-state index is 5.21. The van der Waals surface area contributed by atoms with E-state index in [0.717, 1.165) is 11.4 Å². The van der Waals surface area contributed by atoms with E-state index in [9.17, 15) is 0 Å². The minimum atomic E-state index is 0.242. The van der Waals surface area contributed by atoms with Gasteiger partial charge >= 0.3 is 6.01 Å². The van der Waals surface area contributed by atoms with E-state index in [2.05, 4.69) is 41.3 Å². The van der Waals surface area contributed by atoms with Crippen LogP contribution in [0.3, 0.4) is 0 Å². The molecule has 0 aliphatic carbocycles. The maximum absolute atomic E-state index is 5.21. The molecule has 1 heterocycles. The van der Waals surface area contributed by atoms with Crippen LogP contribution >= 0.6 is 0 Å². The Morgan fingerprint density at radius 1 is 1.05 bits per heavy atom. The maximum Gasteiger partial charge on any atom is 0.316 e. The minimum Gasteiger partial charge on any atom is -0.497 e. The van der Waals surface area contributed by atoms with E-state index in [-0.39, 0.29) is 6.04 Å². The Kier molecular flexibility index (Phi) is 5.72. The number of benzene rings is 1. The lowest BCUT2D eigenvalue weighted by Crippen LogP contribution is -2.25. The molecule has 2 rings (SSSR count). The fourth-order valence-corrected chi connectivity index (χ4v) is 2.34. The summed E-state index contributed by atoms with van der Waals surface area (Å²) in [6.07, 6.45) is 1.71. The van der Waals surface area contributed by atoms with Crippen LogP contribution in [-0.2, 0) is 6.54 Å². The Balaban J connectivity index is 2.07. The summed E-state index contributed by atoms with van der Waals surface area (Å²) >= 11 is 0. The Morgan fingerprint density at radius 3 is 2.36 bits per heavy atom. The number of rotatable bonds is 7. The molecule has 22 heavy (non-hydrogen) atoms. The first-order valence-electron chi connectivity index (χ1n) is 7.37. The van der Waals surface area contributed by atoms with Crippen molar-refractivity contribution in [2.75, 3.05) is 14.2 Å². The lowest BCUT2D eigenvalue weighted by molar-refractivity contribution is 0.373. The molecular formula is C17H23N3O2.